The quantitative estimate of drug-likeness (QED) is 0.721. The second-order valence-corrected chi connectivity index (χ2v) is 3.28. The number of nitrogen functional groups attached to an aromatic ring is 1. The van der Waals surface area contributed by atoms with Gasteiger partial charge < -0.3 is 10.8 Å². The number of carboxylic acids is 1. The van der Waals surface area contributed by atoms with Gasteiger partial charge in [-0.2, -0.15) is 0 Å². The van der Waals surface area contributed by atoms with Crippen LogP contribution in [-0.4, -0.2) is 11.1 Å². The first-order valence-corrected chi connectivity index (χ1v) is 4.77. The summed E-state index contributed by atoms with van der Waals surface area (Å²) in [5.74, 6) is -0.900. The van der Waals surface area contributed by atoms with Crippen LogP contribution in [0.2, 0.25) is 0 Å². The second kappa shape index (κ2) is 4.65. The lowest BCUT2D eigenvalue weighted by molar-refractivity contribution is 0.0695. The van der Waals surface area contributed by atoms with Crippen molar-refractivity contribution in [1.82, 2.24) is 0 Å². The number of nitrogens with two attached hydrogens (primary N) is 1. The molecule has 0 unspecified atom stereocenters. The molecule has 0 spiro atoms. The molecule has 0 saturated carbocycles. The zero-order valence-corrected chi connectivity index (χ0v) is 8.29. The van der Waals surface area contributed by atoms with Crippen molar-refractivity contribution < 1.29 is 9.90 Å². The lowest BCUT2D eigenvalue weighted by Crippen LogP contribution is -2.05. The van der Waals surface area contributed by atoms with Crippen molar-refractivity contribution in [3.05, 3.63) is 29.3 Å². The van der Waals surface area contributed by atoms with E-state index in [1.54, 1.807) is 18.2 Å². The van der Waals surface area contributed by atoms with Crippen LogP contribution in [0.4, 0.5) is 5.69 Å². The Morgan fingerprint density at radius 2 is 2.21 bits per heavy atom. The Hall–Kier alpha value is -1.51. The van der Waals surface area contributed by atoms with Crippen LogP contribution in [0.15, 0.2) is 18.2 Å². The lowest BCUT2D eigenvalue weighted by Gasteiger charge is -2.08. The molecule has 0 saturated heterocycles. The van der Waals surface area contributed by atoms with Crippen LogP contribution in [0.25, 0.3) is 0 Å². The minimum absolute atomic E-state index is 0.332. The molecule has 0 atom stereocenters. The van der Waals surface area contributed by atoms with Crippen molar-refractivity contribution >= 4 is 11.7 Å². The van der Waals surface area contributed by atoms with Gasteiger partial charge in [-0.05, 0) is 30.5 Å². The molecule has 0 aliphatic carbocycles. The zero-order valence-electron chi connectivity index (χ0n) is 8.29. The predicted octanol–water partition coefficient (Wildman–Crippen LogP) is 2.31. The Bertz CT molecular complexity index is 334. The first-order valence-electron chi connectivity index (χ1n) is 4.77. The van der Waals surface area contributed by atoms with E-state index in [4.69, 9.17) is 10.8 Å². The van der Waals surface area contributed by atoms with E-state index in [9.17, 15) is 4.79 Å². The number of anilines is 1. The smallest absolute Gasteiger partial charge is 0.336 e. The maximum atomic E-state index is 10.9. The molecular formula is C11H15NO2. The summed E-state index contributed by atoms with van der Waals surface area (Å²) in [6.45, 7) is 2.07. The van der Waals surface area contributed by atoms with Gasteiger partial charge in [-0.15, -0.1) is 0 Å². The van der Waals surface area contributed by atoms with E-state index >= 15 is 0 Å². The number of hydrogen-bond acceptors (Lipinski definition) is 2. The zero-order chi connectivity index (χ0) is 10.6. The number of carbonyl (C=O) groups is 1. The second-order valence-electron chi connectivity index (χ2n) is 3.28. The van der Waals surface area contributed by atoms with Crippen LogP contribution in [0.3, 0.4) is 0 Å². The Kier molecular flexibility index (Phi) is 3.51. The monoisotopic (exact) mass is 193 g/mol. The molecule has 1 rings (SSSR count). The molecule has 3 nitrogen and oxygen atoms in total. The van der Waals surface area contributed by atoms with Gasteiger partial charge in [0.05, 0.1) is 5.56 Å². The van der Waals surface area contributed by atoms with E-state index in [2.05, 4.69) is 6.92 Å². The largest absolute Gasteiger partial charge is 0.478 e. The number of aromatic carboxylic acids is 1. The Balaban J connectivity index is 3.02. The van der Waals surface area contributed by atoms with Gasteiger partial charge >= 0.3 is 5.97 Å². The Morgan fingerprint density at radius 3 is 2.79 bits per heavy atom. The van der Waals surface area contributed by atoms with Crippen molar-refractivity contribution in [2.75, 3.05) is 5.73 Å². The molecular weight excluding hydrogens is 178 g/mol. The SMILES string of the molecule is CCCCc1c(N)cccc1C(=O)O. The van der Waals surface area contributed by atoms with Gasteiger partial charge in [0.2, 0.25) is 0 Å². The molecule has 0 radical (unpaired) electrons. The standard InChI is InChI=1S/C11H15NO2/c1-2-3-5-8-9(11(13)14)6-4-7-10(8)12/h4,6-7H,2-3,5,12H2,1H3,(H,13,14). The highest BCUT2D eigenvalue weighted by atomic mass is 16.4. The van der Waals surface area contributed by atoms with Crippen LogP contribution in [-0.2, 0) is 6.42 Å². The third-order valence-electron chi connectivity index (χ3n) is 2.22. The maximum absolute atomic E-state index is 10.9. The summed E-state index contributed by atoms with van der Waals surface area (Å²) in [4.78, 5) is 10.9. The fraction of sp³-hybridized carbons (Fsp3) is 0.364. The molecule has 0 aliphatic heterocycles. The minimum atomic E-state index is -0.900. The van der Waals surface area contributed by atoms with E-state index in [0.29, 0.717) is 11.3 Å². The van der Waals surface area contributed by atoms with Crippen LogP contribution < -0.4 is 5.73 Å². The van der Waals surface area contributed by atoms with Gasteiger partial charge in [0, 0.05) is 5.69 Å². The van der Waals surface area contributed by atoms with Gasteiger partial charge in [-0.3, -0.25) is 0 Å². The van der Waals surface area contributed by atoms with E-state index in [0.717, 1.165) is 24.8 Å². The molecule has 3 N–H and O–H groups in total. The molecule has 76 valence electrons. The summed E-state index contributed by atoms with van der Waals surface area (Å²) in [6, 6.07) is 5.02. The number of rotatable bonds is 4. The fourth-order valence-corrected chi connectivity index (χ4v) is 1.44. The van der Waals surface area contributed by atoms with Crippen LogP contribution >= 0.6 is 0 Å². The summed E-state index contributed by atoms with van der Waals surface area (Å²) in [7, 11) is 0. The van der Waals surface area contributed by atoms with Crippen LogP contribution in [0.5, 0.6) is 0 Å². The summed E-state index contributed by atoms with van der Waals surface area (Å²) >= 11 is 0. The van der Waals surface area contributed by atoms with Crippen molar-refractivity contribution in [2.45, 2.75) is 26.2 Å². The maximum Gasteiger partial charge on any atom is 0.336 e. The lowest BCUT2D eigenvalue weighted by atomic mass is 10.0. The number of carboxylic acid groups (broad SMARTS) is 1. The van der Waals surface area contributed by atoms with Gasteiger partial charge in [-0.25, -0.2) is 4.79 Å². The van der Waals surface area contributed by atoms with Crippen molar-refractivity contribution in [1.29, 1.82) is 0 Å². The predicted molar refractivity (Wildman–Crippen MR) is 56.4 cm³/mol. The van der Waals surface area contributed by atoms with E-state index in [-0.39, 0.29) is 0 Å². The van der Waals surface area contributed by atoms with Crippen LogP contribution in [0.1, 0.15) is 35.7 Å². The number of hydrogen-bond donors (Lipinski definition) is 2. The molecule has 0 bridgehead atoms. The molecule has 1 aromatic carbocycles. The molecule has 0 aliphatic rings. The fourth-order valence-electron chi connectivity index (χ4n) is 1.44. The Labute approximate surface area is 83.6 Å². The molecule has 0 amide bonds. The summed E-state index contributed by atoms with van der Waals surface area (Å²) in [5.41, 5.74) is 7.42. The third-order valence-corrected chi connectivity index (χ3v) is 2.22. The topological polar surface area (TPSA) is 63.3 Å². The van der Waals surface area contributed by atoms with Crippen molar-refractivity contribution in [2.24, 2.45) is 0 Å². The first-order chi connectivity index (χ1) is 6.66. The average Bonchev–Trinajstić information content (AvgIpc) is 2.15. The molecule has 1 aromatic rings. The van der Waals surface area contributed by atoms with E-state index in [1.807, 2.05) is 0 Å². The molecule has 3 heteroatoms. The molecule has 0 heterocycles. The van der Waals surface area contributed by atoms with Crippen molar-refractivity contribution in [3.63, 3.8) is 0 Å². The highest BCUT2D eigenvalue weighted by Crippen LogP contribution is 2.19. The molecule has 0 fully saturated rings. The van der Waals surface area contributed by atoms with E-state index in [1.165, 1.54) is 0 Å². The highest BCUT2D eigenvalue weighted by molar-refractivity contribution is 5.91. The summed E-state index contributed by atoms with van der Waals surface area (Å²) < 4.78 is 0. The number of benzene rings is 1. The van der Waals surface area contributed by atoms with Crippen LogP contribution in [0, 0.1) is 0 Å². The van der Waals surface area contributed by atoms with E-state index < -0.39 is 5.97 Å². The highest BCUT2D eigenvalue weighted by Gasteiger charge is 2.11. The first kappa shape index (κ1) is 10.6. The van der Waals surface area contributed by atoms with Crippen molar-refractivity contribution in [3.8, 4) is 0 Å². The minimum Gasteiger partial charge on any atom is -0.478 e. The van der Waals surface area contributed by atoms with Gasteiger partial charge in [0.25, 0.3) is 0 Å². The summed E-state index contributed by atoms with van der Waals surface area (Å²) in [5, 5.41) is 8.93. The summed E-state index contributed by atoms with van der Waals surface area (Å²) in [6.07, 6.45) is 2.74. The number of unbranched alkanes of at least 4 members (excludes halogenated alkanes) is 1. The molecule has 0 aromatic heterocycles. The molecule has 14 heavy (non-hydrogen) atoms. The van der Waals surface area contributed by atoms with Gasteiger partial charge in [0.1, 0.15) is 0 Å². The third kappa shape index (κ3) is 2.25. The van der Waals surface area contributed by atoms with Gasteiger partial charge in [0.15, 0.2) is 0 Å². The van der Waals surface area contributed by atoms with Gasteiger partial charge in [-0.1, -0.05) is 19.4 Å². The Morgan fingerprint density at radius 1 is 1.50 bits per heavy atom. The normalized spacial score (nSPS) is 10.1. The average molecular weight is 193 g/mol.